The van der Waals surface area contributed by atoms with Gasteiger partial charge in [0.05, 0.1) is 19.9 Å². The molecule has 0 saturated carbocycles. The van der Waals surface area contributed by atoms with Crippen LogP contribution in [0.3, 0.4) is 0 Å². The number of carbonyl (C=O) groups excluding carboxylic acids is 2. The quantitative estimate of drug-likeness (QED) is 0.350. The molecule has 2 N–H and O–H groups in total. The van der Waals surface area contributed by atoms with Crippen molar-refractivity contribution in [3.8, 4) is 17.2 Å². The molecule has 0 atom stereocenters. The van der Waals surface area contributed by atoms with Crippen molar-refractivity contribution in [2.75, 3.05) is 31.0 Å². The van der Waals surface area contributed by atoms with Gasteiger partial charge in [-0.1, -0.05) is 36.4 Å². The molecular formula is C27H25N3O5S. The van der Waals surface area contributed by atoms with Crippen LogP contribution in [0.4, 0.5) is 11.4 Å². The summed E-state index contributed by atoms with van der Waals surface area (Å²) in [4.78, 5) is 26.8. The van der Waals surface area contributed by atoms with E-state index in [1.54, 1.807) is 42.5 Å². The highest BCUT2D eigenvalue weighted by molar-refractivity contribution is 7.80. The largest absolute Gasteiger partial charge is 0.495 e. The Kier molecular flexibility index (Phi) is 7.50. The Balaban J connectivity index is 1.47. The van der Waals surface area contributed by atoms with E-state index < -0.39 is 0 Å². The van der Waals surface area contributed by atoms with E-state index in [-0.39, 0.29) is 23.5 Å². The van der Waals surface area contributed by atoms with Crippen LogP contribution in [0.5, 0.6) is 17.2 Å². The van der Waals surface area contributed by atoms with Crippen LogP contribution in [0.2, 0.25) is 0 Å². The molecule has 1 saturated heterocycles. The second kappa shape index (κ2) is 10.9. The van der Waals surface area contributed by atoms with Gasteiger partial charge in [-0.15, -0.1) is 0 Å². The number of benzene rings is 3. The second-order valence-electron chi connectivity index (χ2n) is 7.86. The van der Waals surface area contributed by atoms with Crippen LogP contribution in [-0.4, -0.2) is 37.8 Å². The molecule has 3 aromatic carbocycles. The molecule has 0 aromatic heterocycles. The summed E-state index contributed by atoms with van der Waals surface area (Å²) >= 11 is 5.40. The smallest absolute Gasteiger partial charge is 0.281 e. The number of anilines is 2. The summed E-state index contributed by atoms with van der Waals surface area (Å²) < 4.78 is 16.5. The van der Waals surface area contributed by atoms with Crippen molar-refractivity contribution in [1.82, 2.24) is 5.32 Å². The number of para-hydroxylation sites is 3. The summed E-state index contributed by atoms with van der Waals surface area (Å²) in [6.45, 7) is 1.73. The maximum Gasteiger partial charge on any atom is 0.281 e. The number of rotatable bonds is 8. The number of nitrogens with one attached hydrogen (secondary N) is 2. The number of hydrogen-bond donors (Lipinski definition) is 2. The molecule has 0 aliphatic carbocycles. The van der Waals surface area contributed by atoms with E-state index in [0.717, 1.165) is 11.3 Å². The number of hydrogen-bond acceptors (Lipinski definition) is 6. The Morgan fingerprint density at radius 1 is 1.00 bits per heavy atom. The SMILES string of the molecule is COc1cc(/C=C2/NC(=S)N(c3ccccc3OC)C2=O)ccc1OCC(=O)Nc1ccccc1C. The molecule has 1 aliphatic rings. The first-order chi connectivity index (χ1) is 17.4. The number of aryl methyl sites for hydroxylation is 1. The highest BCUT2D eigenvalue weighted by atomic mass is 32.1. The van der Waals surface area contributed by atoms with Gasteiger partial charge in [-0.3, -0.25) is 9.59 Å². The van der Waals surface area contributed by atoms with Crippen LogP contribution in [-0.2, 0) is 9.59 Å². The second-order valence-corrected chi connectivity index (χ2v) is 8.25. The van der Waals surface area contributed by atoms with Crippen LogP contribution in [0.1, 0.15) is 11.1 Å². The molecule has 8 nitrogen and oxygen atoms in total. The average Bonchev–Trinajstić information content (AvgIpc) is 3.16. The molecule has 0 radical (unpaired) electrons. The van der Waals surface area contributed by atoms with Crippen molar-refractivity contribution in [2.45, 2.75) is 6.92 Å². The molecule has 1 heterocycles. The third-order valence-electron chi connectivity index (χ3n) is 5.48. The van der Waals surface area contributed by atoms with Gasteiger partial charge in [0.1, 0.15) is 11.4 Å². The van der Waals surface area contributed by atoms with Crippen molar-refractivity contribution < 1.29 is 23.8 Å². The Bertz CT molecular complexity index is 1350. The first-order valence-corrected chi connectivity index (χ1v) is 11.5. The molecule has 0 bridgehead atoms. The molecule has 1 aliphatic heterocycles. The molecular weight excluding hydrogens is 478 g/mol. The molecule has 1 fully saturated rings. The van der Waals surface area contributed by atoms with Crippen LogP contribution in [0.25, 0.3) is 6.08 Å². The predicted octanol–water partition coefficient (Wildman–Crippen LogP) is 4.29. The zero-order valence-corrected chi connectivity index (χ0v) is 20.8. The monoisotopic (exact) mass is 503 g/mol. The van der Waals surface area contributed by atoms with Crippen LogP contribution in [0, 0.1) is 6.92 Å². The van der Waals surface area contributed by atoms with Crippen molar-refractivity contribution in [2.24, 2.45) is 0 Å². The summed E-state index contributed by atoms with van der Waals surface area (Å²) in [5.41, 5.74) is 3.23. The van der Waals surface area contributed by atoms with Crippen LogP contribution >= 0.6 is 12.2 Å². The third-order valence-corrected chi connectivity index (χ3v) is 5.77. The summed E-state index contributed by atoms with van der Waals surface area (Å²) in [6, 6.07) is 19.8. The topological polar surface area (TPSA) is 89.1 Å². The Morgan fingerprint density at radius 3 is 2.47 bits per heavy atom. The molecule has 9 heteroatoms. The van der Waals surface area contributed by atoms with Crippen molar-refractivity contribution in [3.05, 3.63) is 83.6 Å². The fraction of sp³-hybridized carbons (Fsp3) is 0.148. The van der Waals surface area contributed by atoms with E-state index in [9.17, 15) is 9.59 Å². The maximum atomic E-state index is 13.1. The molecule has 4 rings (SSSR count). The minimum absolute atomic E-state index is 0.187. The Labute approximate surface area is 214 Å². The van der Waals surface area contributed by atoms with Crippen molar-refractivity contribution in [3.63, 3.8) is 0 Å². The van der Waals surface area contributed by atoms with Gasteiger partial charge in [0.15, 0.2) is 23.2 Å². The zero-order valence-electron chi connectivity index (χ0n) is 20.0. The van der Waals surface area contributed by atoms with E-state index in [1.807, 2.05) is 37.3 Å². The van der Waals surface area contributed by atoms with Gasteiger partial charge >= 0.3 is 0 Å². The summed E-state index contributed by atoms with van der Waals surface area (Å²) in [5.74, 6) is 0.755. The molecule has 2 amide bonds. The van der Waals surface area contributed by atoms with Crippen molar-refractivity contribution in [1.29, 1.82) is 0 Å². The van der Waals surface area contributed by atoms with E-state index >= 15 is 0 Å². The minimum atomic E-state index is -0.309. The highest BCUT2D eigenvalue weighted by Gasteiger charge is 2.33. The van der Waals surface area contributed by atoms with Gasteiger partial charge in [-0.25, -0.2) is 4.90 Å². The average molecular weight is 504 g/mol. The first-order valence-electron chi connectivity index (χ1n) is 11.1. The fourth-order valence-electron chi connectivity index (χ4n) is 3.67. The standard InChI is InChI=1S/C27H25N3O5S/c1-17-8-4-5-9-19(17)28-25(31)16-35-23-13-12-18(15-24(23)34-3)14-20-26(32)30(27(36)29-20)21-10-6-7-11-22(21)33-2/h4-15H,16H2,1-3H3,(H,28,31)(H,29,36)/b20-14+. The number of methoxy groups -OCH3 is 2. The third kappa shape index (κ3) is 5.31. The number of thiocarbonyl (C=S) groups is 1. The van der Waals surface area contributed by atoms with Crippen LogP contribution < -0.4 is 29.7 Å². The fourth-order valence-corrected chi connectivity index (χ4v) is 3.96. The minimum Gasteiger partial charge on any atom is -0.495 e. The summed E-state index contributed by atoms with van der Waals surface area (Å²) in [5, 5.41) is 6.04. The summed E-state index contributed by atoms with van der Waals surface area (Å²) in [6.07, 6.45) is 1.67. The van der Waals surface area contributed by atoms with Gasteiger partial charge < -0.3 is 24.8 Å². The molecule has 36 heavy (non-hydrogen) atoms. The lowest BCUT2D eigenvalue weighted by Crippen LogP contribution is -2.30. The lowest BCUT2D eigenvalue weighted by Gasteiger charge is -2.17. The van der Waals surface area contributed by atoms with Crippen molar-refractivity contribution >= 4 is 46.6 Å². The molecule has 0 unspecified atom stereocenters. The van der Waals surface area contributed by atoms with E-state index in [0.29, 0.717) is 34.2 Å². The van der Waals surface area contributed by atoms with Gasteiger partial charge in [0, 0.05) is 5.69 Å². The molecule has 0 spiro atoms. The Morgan fingerprint density at radius 2 is 1.72 bits per heavy atom. The van der Waals surface area contributed by atoms with Gasteiger partial charge in [-0.2, -0.15) is 0 Å². The Hall–Kier alpha value is -4.37. The number of carbonyl (C=O) groups is 2. The summed E-state index contributed by atoms with van der Waals surface area (Å²) in [7, 11) is 3.04. The van der Waals surface area contributed by atoms with Gasteiger partial charge in [0.25, 0.3) is 11.8 Å². The van der Waals surface area contributed by atoms with Gasteiger partial charge in [-0.05, 0) is 66.7 Å². The number of ether oxygens (including phenoxy) is 3. The van der Waals surface area contributed by atoms with E-state index in [2.05, 4.69) is 10.6 Å². The zero-order chi connectivity index (χ0) is 25.7. The highest BCUT2D eigenvalue weighted by Crippen LogP contribution is 2.33. The lowest BCUT2D eigenvalue weighted by atomic mass is 10.1. The first kappa shape index (κ1) is 24.7. The normalized spacial score (nSPS) is 14.0. The maximum absolute atomic E-state index is 13.1. The lowest BCUT2D eigenvalue weighted by molar-refractivity contribution is -0.118. The number of nitrogens with zero attached hydrogens (tertiary/aromatic N) is 1. The molecule has 3 aromatic rings. The number of amides is 2. The van der Waals surface area contributed by atoms with Gasteiger partial charge in [0.2, 0.25) is 0 Å². The van der Waals surface area contributed by atoms with E-state index in [4.69, 9.17) is 26.4 Å². The predicted molar refractivity (Wildman–Crippen MR) is 142 cm³/mol. The van der Waals surface area contributed by atoms with Crippen LogP contribution in [0.15, 0.2) is 72.4 Å². The molecule has 184 valence electrons. The van der Waals surface area contributed by atoms with E-state index in [1.165, 1.54) is 19.1 Å².